The van der Waals surface area contributed by atoms with Crippen LogP contribution in [0, 0.1) is 6.92 Å². The first-order chi connectivity index (χ1) is 9.40. The van der Waals surface area contributed by atoms with Gasteiger partial charge in [0.2, 0.25) is 5.91 Å². The summed E-state index contributed by atoms with van der Waals surface area (Å²) in [6.45, 7) is 5.99. The third kappa shape index (κ3) is 3.57. The lowest BCUT2D eigenvalue weighted by Gasteiger charge is -2.05. The van der Waals surface area contributed by atoms with E-state index >= 15 is 0 Å². The van der Waals surface area contributed by atoms with Crippen LogP contribution in [0.25, 0.3) is 10.8 Å². The van der Waals surface area contributed by atoms with E-state index in [-0.39, 0.29) is 5.56 Å². The molecule has 4 nitrogen and oxygen atoms in total. The van der Waals surface area contributed by atoms with Crippen LogP contribution in [0.5, 0.6) is 0 Å². The molecule has 0 saturated heterocycles. The Hall–Kier alpha value is -2.36. The second kappa shape index (κ2) is 6.70. The van der Waals surface area contributed by atoms with E-state index in [4.69, 9.17) is 10.8 Å². The zero-order valence-electron chi connectivity index (χ0n) is 11.9. The quantitative estimate of drug-likeness (QED) is 0.880. The number of nitrogens with two attached hydrogens (primary N) is 1. The molecule has 0 atom stereocenters. The molecule has 0 aliphatic heterocycles. The highest BCUT2D eigenvalue weighted by Crippen LogP contribution is 2.21. The highest BCUT2D eigenvalue weighted by molar-refractivity contribution is 6.00. The molecule has 2 rings (SSSR count). The molecule has 1 amide bonds. The first-order valence-corrected chi connectivity index (χ1v) is 6.48. The fourth-order valence-electron chi connectivity index (χ4n) is 1.80. The van der Waals surface area contributed by atoms with Gasteiger partial charge in [-0.3, -0.25) is 4.79 Å². The molecule has 106 valence electrons. The Morgan fingerprint density at radius 2 is 1.70 bits per heavy atom. The number of carbonyl (C=O) groups excluding carboxylic acids is 1. The van der Waals surface area contributed by atoms with Crippen molar-refractivity contribution in [3.05, 3.63) is 47.0 Å². The number of primary amides is 1. The zero-order valence-corrected chi connectivity index (χ0v) is 11.9. The SMILES string of the molecule is CCC.Cc1cc2ccc(C(N)=O)cc2cc1C(=O)O. The van der Waals surface area contributed by atoms with Crippen LogP contribution in [0.15, 0.2) is 30.3 Å². The Balaban J connectivity index is 0.000000612. The van der Waals surface area contributed by atoms with E-state index in [0.717, 1.165) is 5.39 Å². The summed E-state index contributed by atoms with van der Waals surface area (Å²) in [4.78, 5) is 22.0. The molecule has 0 aliphatic rings. The zero-order chi connectivity index (χ0) is 15.3. The lowest BCUT2D eigenvalue weighted by atomic mass is 10.00. The number of hydrogen-bond donors (Lipinski definition) is 2. The van der Waals surface area contributed by atoms with Crippen LogP contribution in [0.1, 0.15) is 46.5 Å². The van der Waals surface area contributed by atoms with Crippen molar-refractivity contribution in [2.45, 2.75) is 27.2 Å². The standard InChI is InChI=1S/C13H11NO3.C3H8/c1-7-4-8-2-3-9(12(14)15)5-10(8)6-11(7)13(16)17;1-3-2/h2-6H,1H3,(H2,14,15)(H,16,17);3H2,1-2H3. The molecule has 3 N–H and O–H groups in total. The van der Waals surface area contributed by atoms with Gasteiger partial charge in [-0.1, -0.05) is 32.4 Å². The lowest BCUT2D eigenvalue weighted by molar-refractivity contribution is 0.0696. The van der Waals surface area contributed by atoms with Crippen LogP contribution in [0.3, 0.4) is 0 Å². The van der Waals surface area contributed by atoms with Crippen molar-refractivity contribution < 1.29 is 14.7 Å². The number of aromatic carboxylic acids is 1. The van der Waals surface area contributed by atoms with E-state index in [0.29, 0.717) is 16.5 Å². The number of rotatable bonds is 2. The van der Waals surface area contributed by atoms with Gasteiger partial charge in [0, 0.05) is 5.56 Å². The maximum absolute atomic E-state index is 11.0. The normalized spacial score (nSPS) is 9.75. The van der Waals surface area contributed by atoms with Gasteiger partial charge in [-0.05, 0) is 41.5 Å². The van der Waals surface area contributed by atoms with E-state index in [1.807, 2.05) is 0 Å². The summed E-state index contributed by atoms with van der Waals surface area (Å²) in [5.41, 5.74) is 6.48. The molecular formula is C16H19NO3. The van der Waals surface area contributed by atoms with Gasteiger partial charge in [-0.15, -0.1) is 0 Å². The van der Waals surface area contributed by atoms with Crippen LogP contribution in [-0.2, 0) is 0 Å². The third-order valence-electron chi connectivity index (χ3n) is 2.70. The molecule has 0 fully saturated rings. The molecule has 0 radical (unpaired) electrons. The second-order valence-electron chi connectivity index (χ2n) is 4.61. The number of aryl methyl sites for hydroxylation is 1. The van der Waals surface area contributed by atoms with Crippen LogP contribution in [0.4, 0.5) is 0 Å². The fraction of sp³-hybridized carbons (Fsp3) is 0.250. The number of carbonyl (C=O) groups is 2. The van der Waals surface area contributed by atoms with Crippen molar-refractivity contribution in [3.63, 3.8) is 0 Å². The minimum absolute atomic E-state index is 0.235. The van der Waals surface area contributed by atoms with Gasteiger partial charge < -0.3 is 10.8 Å². The summed E-state index contributed by atoms with van der Waals surface area (Å²) in [7, 11) is 0. The molecule has 0 saturated carbocycles. The Labute approximate surface area is 118 Å². The highest BCUT2D eigenvalue weighted by atomic mass is 16.4. The third-order valence-corrected chi connectivity index (χ3v) is 2.70. The van der Waals surface area contributed by atoms with Crippen molar-refractivity contribution in [2.24, 2.45) is 5.73 Å². The summed E-state index contributed by atoms with van der Waals surface area (Å²) in [5.74, 6) is -1.50. The fourth-order valence-corrected chi connectivity index (χ4v) is 1.80. The van der Waals surface area contributed by atoms with Crippen molar-refractivity contribution >= 4 is 22.6 Å². The van der Waals surface area contributed by atoms with Crippen molar-refractivity contribution in [3.8, 4) is 0 Å². The maximum atomic E-state index is 11.0. The lowest BCUT2D eigenvalue weighted by Crippen LogP contribution is -2.10. The Morgan fingerprint density at radius 1 is 1.10 bits per heavy atom. The van der Waals surface area contributed by atoms with Crippen molar-refractivity contribution in [2.75, 3.05) is 0 Å². The summed E-state index contributed by atoms with van der Waals surface area (Å²) < 4.78 is 0. The van der Waals surface area contributed by atoms with Gasteiger partial charge in [0.25, 0.3) is 0 Å². The van der Waals surface area contributed by atoms with Gasteiger partial charge in [0.05, 0.1) is 5.56 Å². The molecule has 0 unspecified atom stereocenters. The van der Waals surface area contributed by atoms with E-state index in [2.05, 4.69) is 13.8 Å². The Bertz CT molecular complexity index is 647. The van der Waals surface area contributed by atoms with E-state index < -0.39 is 11.9 Å². The number of benzene rings is 2. The van der Waals surface area contributed by atoms with Crippen molar-refractivity contribution in [1.29, 1.82) is 0 Å². The van der Waals surface area contributed by atoms with Crippen LogP contribution in [0.2, 0.25) is 0 Å². The molecule has 20 heavy (non-hydrogen) atoms. The summed E-state index contributed by atoms with van der Waals surface area (Å²) in [6.07, 6.45) is 1.25. The largest absolute Gasteiger partial charge is 0.478 e. The number of hydrogen-bond acceptors (Lipinski definition) is 2. The number of carboxylic acids is 1. The summed E-state index contributed by atoms with van der Waals surface area (Å²) >= 11 is 0. The smallest absolute Gasteiger partial charge is 0.335 e. The molecule has 0 aliphatic carbocycles. The number of amides is 1. The highest BCUT2D eigenvalue weighted by Gasteiger charge is 2.09. The maximum Gasteiger partial charge on any atom is 0.335 e. The van der Waals surface area contributed by atoms with E-state index in [1.165, 1.54) is 6.42 Å². The van der Waals surface area contributed by atoms with Gasteiger partial charge in [0.15, 0.2) is 0 Å². The van der Waals surface area contributed by atoms with E-state index in [1.54, 1.807) is 37.3 Å². The van der Waals surface area contributed by atoms with Gasteiger partial charge in [-0.2, -0.15) is 0 Å². The molecule has 0 aromatic heterocycles. The molecule has 2 aromatic rings. The minimum Gasteiger partial charge on any atom is -0.478 e. The average molecular weight is 273 g/mol. The molecule has 0 heterocycles. The summed E-state index contributed by atoms with van der Waals surface area (Å²) in [6, 6.07) is 8.32. The molecule has 0 bridgehead atoms. The minimum atomic E-state index is -0.978. The van der Waals surface area contributed by atoms with Crippen LogP contribution in [-0.4, -0.2) is 17.0 Å². The first-order valence-electron chi connectivity index (χ1n) is 6.48. The van der Waals surface area contributed by atoms with Gasteiger partial charge in [-0.25, -0.2) is 4.79 Å². The van der Waals surface area contributed by atoms with E-state index in [9.17, 15) is 9.59 Å². The van der Waals surface area contributed by atoms with Crippen LogP contribution >= 0.6 is 0 Å². The first kappa shape index (κ1) is 15.7. The molecular weight excluding hydrogens is 254 g/mol. The molecule has 0 spiro atoms. The van der Waals surface area contributed by atoms with Gasteiger partial charge >= 0.3 is 5.97 Å². The summed E-state index contributed by atoms with van der Waals surface area (Å²) in [5, 5.41) is 10.6. The molecule has 4 heteroatoms. The molecule has 2 aromatic carbocycles. The Morgan fingerprint density at radius 3 is 2.20 bits per heavy atom. The monoisotopic (exact) mass is 273 g/mol. The van der Waals surface area contributed by atoms with Gasteiger partial charge in [0.1, 0.15) is 0 Å². The average Bonchev–Trinajstić information content (AvgIpc) is 2.37. The predicted molar refractivity (Wildman–Crippen MR) is 80.1 cm³/mol. The van der Waals surface area contributed by atoms with Crippen molar-refractivity contribution in [1.82, 2.24) is 0 Å². The number of fused-ring (bicyclic) bond motifs is 1. The Kier molecular flexibility index (Phi) is 5.26. The topological polar surface area (TPSA) is 80.4 Å². The number of carboxylic acid groups (broad SMARTS) is 1. The second-order valence-corrected chi connectivity index (χ2v) is 4.61. The van der Waals surface area contributed by atoms with Crippen LogP contribution < -0.4 is 5.73 Å². The predicted octanol–water partition coefficient (Wildman–Crippen LogP) is 3.36.